The van der Waals surface area contributed by atoms with E-state index in [9.17, 15) is 22.4 Å². The van der Waals surface area contributed by atoms with Crippen molar-refractivity contribution in [3.63, 3.8) is 0 Å². The van der Waals surface area contributed by atoms with E-state index in [1.54, 1.807) is 18.2 Å². The van der Waals surface area contributed by atoms with Gasteiger partial charge in [-0.25, -0.2) is 4.39 Å². The van der Waals surface area contributed by atoms with Crippen molar-refractivity contribution in [2.45, 2.75) is 63.2 Å². The fourth-order valence-electron chi connectivity index (χ4n) is 6.51. The zero-order valence-electron chi connectivity index (χ0n) is 21.4. The molecule has 1 aromatic heterocycles. The number of rotatable bonds is 4. The summed E-state index contributed by atoms with van der Waals surface area (Å²) in [5.41, 5.74) is 3.27. The molecule has 206 valence electrons. The van der Waals surface area contributed by atoms with Crippen molar-refractivity contribution < 1.29 is 22.4 Å². The summed E-state index contributed by atoms with van der Waals surface area (Å²) in [6, 6.07) is 12.3. The van der Waals surface area contributed by atoms with E-state index in [1.165, 1.54) is 17.7 Å². The second kappa shape index (κ2) is 10.3. The van der Waals surface area contributed by atoms with Crippen LogP contribution in [0.5, 0.6) is 0 Å². The summed E-state index contributed by atoms with van der Waals surface area (Å²) >= 11 is 0. The molecule has 2 fully saturated rings. The Hall–Kier alpha value is -3.34. The van der Waals surface area contributed by atoms with E-state index in [1.807, 2.05) is 17.0 Å². The summed E-state index contributed by atoms with van der Waals surface area (Å²) in [5.74, 6) is -0.845. The topological polar surface area (TPSA) is 67.2 Å². The van der Waals surface area contributed by atoms with Gasteiger partial charge in [0.05, 0.1) is 5.69 Å². The Labute approximate surface area is 223 Å². The number of likely N-dealkylation sites (tertiary alicyclic amines) is 1. The first kappa shape index (κ1) is 25.9. The van der Waals surface area contributed by atoms with Crippen LogP contribution in [0.4, 0.5) is 17.6 Å². The number of nitrogens with zero attached hydrogens (tertiary/aromatic N) is 6. The van der Waals surface area contributed by atoms with Crippen LogP contribution in [0, 0.1) is 11.7 Å². The van der Waals surface area contributed by atoms with Gasteiger partial charge in [-0.2, -0.15) is 17.9 Å². The second-order valence-corrected chi connectivity index (χ2v) is 10.9. The predicted molar refractivity (Wildman–Crippen MR) is 134 cm³/mol. The molecule has 3 aromatic rings. The van der Waals surface area contributed by atoms with E-state index in [0.717, 1.165) is 56.3 Å². The zero-order chi connectivity index (χ0) is 27.1. The highest BCUT2D eigenvalue weighted by molar-refractivity contribution is 5.79. The summed E-state index contributed by atoms with van der Waals surface area (Å²) in [5, 5.41) is 9.87. The number of fused-ring (bicyclic) bond motifs is 1. The van der Waals surface area contributed by atoms with Crippen molar-refractivity contribution in [1.82, 2.24) is 30.0 Å². The van der Waals surface area contributed by atoms with Gasteiger partial charge >= 0.3 is 6.18 Å². The molecule has 6 rings (SSSR count). The molecule has 7 nitrogen and oxygen atoms in total. The van der Waals surface area contributed by atoms with Crippen LogP contribution in [-0.4, -0.2) is 61.6 Å². The number of benzene rings is 2. The summed E-state index contributed by atoms with van der Waals surface area (Å²) in [6.45, 7) is 2.93. The number of tetrazole rings is 1. The van der Waals surface area contributed by atoms with Gasteiger partial charge in [-0.05, 0) is 109 Å². The van der Waals surface area contributed by atoms with E-state index in [2.05, 4.69) is 20.4 Å². The van der Waals surface area contributed by atoms with Gasteiger partial charge < -0.3 is 9.80 Å². The molecule has 2 unspecified atom stereocenters. The average Bonchev–Trinajstić information content (AvgIpc) is 3.63. The first-order valence-corrected chi connectivity index (χ1v) is 13.5. The lowest BCUT2D eigenvalue weighted by molar-refractivity contribution is -0.146. The number of halogens is 4. The maximum Gasteiger partial charge on any atom is 0.453 e. The Balaban J connectivity index is 1.07. The molecule has 0 bridgehead atoms. The molecule has 1 saturated carbocycles. The molecule has 1 aliphatic carbocycles. The molecule has 39 heavy (non-hydrogen) atoms. The van der Waals surface area contributed by atoms with Crippen LogP contribution < -0.4 is 0 Å². The summed E-state index contributed by atoms with van der Waals surface area (Å²) in [7, 11) is 0. The standard InChI is InChI=1S/C28H30F4N6O/c29-23-5-1-18(2-6-23)20-9-12-36(13-10-20)24-7-4-21(15-24)26(39)37-14-11-19-3-8-25(16-22(19)17-37)38-27(28(30,31)32)33-34-35-38/h1-3,5-6,8,16,20-21,24H,4,7,9-15,17H2. The Morgan fingerprint density at radius 3 is 2.44 bits per heavy atom. The van der Waals surface area contributed by atoms with E-state index in [4.69, 9.17) is 0 Å². The van der Waals surface area contributed by atoms with Crippen LogP contribution in [0.2, 0.25) is 0 Å². The van der Waals surface area contributed by atoms with E-state index >= 15 is 0 Å². The van der Waals surface area contributed by atoms with Crippen LogP contribution in [-0.2, 0) is 23.9 Å². The lowest BCUT2D eigenvalue weighted by Crippen LogP contribution is -2.42. The first-order valence-electron chi connectivity index (χ1n) is 13.5. The molecule has 0 N–H and O–H groups in total. The summed E-state index contributed by atoms with van der Waals surface area (Å²) in [6.07, 6.45) is 0.735. The molecule has 2 aromatic carbocycles. The molecule has 1 saturated heterocycles. The van der Waals surface area contributed by atoms with Gasteiger partial charge in [-0.15, -0.1) is 5.10 Å². The van der Waals surface area contributed by atoms with Gasteiger partial charge in [0.2, 0.25) is 5.91 Å². The molecular formula is C28H30F4N6O. The van der Waals surface area contributed by atoms with Crippen LogP contribution in [0.25, 0.3) is 5.69 Å². The summed E-state index contributed by atoms with van der Waals surface area (Å²) < 4.78 is 53.8. The molecule has 1 amide bonds. The minimum atomic E-state index is -4.67. The average molecular weight is 543 g/mol. The Morgan fingerprint density at radius 1 is 0.923 bits per heavy atom. The highest BCUT2D eigenvalue weighted by Gasteiger charge is 2.39. The Bertz CT molecular complexity index is 1330. The van der Waals surface area contributed by atoms with E-state index in [0.29, 0.717) is 36.2 Å². The molecule has 3 heterocycles. The fraction of sp³-hybridized carbons (Fsp3) is 0.500. The number of aromatic nitrogens is 4. The van der Waals surface area contributed by atoms with E-state index in [-0.39, 0.29) is 23.3 Å². The second-order valence-electron chi connectivity index (χ2n) is 10.9. The SMILES string of the molecule is O=C(C1CCC(N2CCC(c3ccc(F)cc3)CC2)C1)N1CCc2ccc(-n3nnnc3C(F)(F)F)cc2C1. The lowest BCUT2D eigenvalue weighted by atomic mass is 9.88. The van der Waals surface area contributed by atoms with Crippen molar-refractivity contribution in [2.75, 3.05) is 19.6 Å². The van der Waals surface area contributed by atoms with Crippen molar-refractivity contribution in [3.8, 4) is 5.69 Å². The number of piperidine rings is 1. The van der Waals surface area contributed by atoms with Crippen LogP contribution in [0.3, 0.4) is 0 Å². The monoisotopic (exact) mass is 542 g/mol. The molecule has 11 heteroatoms. The van der Waals surface area contributed by atoms with Crippen molar-refractivity contribution >= 4 is 5.91 Å². The summed E-state index contributed by atoms with van der Waals surface area (Å²) in [4.78, 5) is 17.9. The van der Waals surface area contributed by atoms with Crippen molar-refractivity contribution in [2.24, 2.45) is 5.92 Å². The largest absolute Gasteiger partial charge is 0.453 e. The predicted octanol–water partition coefficient (Wildman–Crippen LogP) is 4.75. The number of hydrogen-bond acceptors (Lipinski definition) is 5. The van der Waals surface area contributed by atoms with E-state index < -0.39 is 12.0 Å². The number of carbonyl (C=O) groups is 1. The molecule has 0 radical (unpaired) electrons. The van der Waals surface area contributed by atoms with Crippen LogP contribution >= 0.6 is 0 Å². The third kappa shape index (κ3) is 5.28. The number of hydrogen-bond donors (Lipinski definition) is 0. The fourth-order valence-corrected chi connectivity index (χ4v) is 6.51. The lowest BCUT2D eigenvalue weighted by Gasteiger charge is -2.36. The number of alkyl halides is 3. The molecule has 0 spiro atoms. The smallest absolute Gasteiger partial charge is 0.338 e. The quantitative estimate of drug-likeness (QED) is 0.445. The van der Waals surface area contributed by atoms with Gasteiger partial charge in [0.25, 0.3) is 5.82 Å². The van der Waals surface area contributed by atoms with Crippen LogP contribution in [0.1, 0.15) is 60.5 Å². The molecule has 3 aliphatic rings. The highest BCUT2D eigenvalue weighted by atomic mass is 19.4. The van der Waals surface area contributed by atoms with Gasteiger partial charge in [0, 0.05) is 25.0 Å². The highest BCUT2D eigenvalue weighted by Crippen LogP contribution is 2.36. The Morgan fingerprint density at radius 2 is 1.69 bits per heavy atom. The van der Waals surface area contributed by atoms with Crippen molar-refractivity contribution in [1.29, 1.82) is 0 Å². The van der Waals surface area contributed by atoms with Crippen LogP contribution in [0.15, 0.2) is 42.5 Å². The van der Waals surface area contributed by atoms with Gasteiger partial charge in [-0.1, -0.05) is 18.2 Å². The molecule has 2 aliphatic heterocycles. The first-order chi connectivity index (χ1) is 18.8. The maximum atomic E-state index is 13.5. The van der Waals surface area contributed by atoms with Gasteiger partial charge in [-0.3, -0.25) is 4.79 Å². The van der Waals surface area contributed by atoms with Gasteiger partial charge in [0.15, 0.2) is 0 Å². The molecule has 2 atom stereocenters. The third-order valence-corrected chi connectivity index (χ3v) is 8.62. The minimum Gasteiger partial charge on any atom is -0.338 e. The van der Waals surface area contributed by atoms with Gasteiger partial charge in [0.1, 0.15) is 5.82 Å². The normalized spacial score (nSPS) is 22.7. The Kier molecular flexibility index (Phi) is 6.86. The third-order valence-electron chi connectivity index (χ3n) is 8.62. The number of carbonyl (C=O) groups excluding carboxylic acids is 1. The number of amides is 1. The minimum absolute atomic E-state index is 0.0362. The maximum absolute atomic E-state index is 13.5. The zero-order valence-corrected chi connectivity index (χ0v) is 21.4. The van der Waals surface area contributed by atoms with Crippen molar-refractivity contribution in [3.05, 3.63) is 70.8 Å². The molecular weight excluding hydrogens is 512 g/mol.